The highest BCUT2D eigenvalue weighted by Gasteiger charge is 2.50. The maximum Gasteiger partial charge on any atom is 0.265 e. The van der Waals surface area contributed by atoms with Gasteiger partial charge in [0.1, 0.15) is 6.61 Å². The third kappa shape index (κ3) is 6.20. The number of ether oxygens (including phenoxy) is 1. The molecule has 3 rings (SSSR count). The molecular formula is C26H28Cl3NO2Si. The monoisotopic (exact) mass is 519 g/mol. The molecule has 0 aliphatic carbocycles. The molecule has 0 spiro atoms. The molecule has 1 N–H and O–H groups in total. The van der Waals surface area contributed by atoms with Gasteiger partial charge < -0.3 is 9.16 Å². The zero-order valence-electron chi connectivity index (χ0n) is 18.9. The molecule has 7 heteroatoms. The Morgan fingerprint density at radius 3 is 1.55 bits per heavy atom. The average molecular weight is 521 g/mol. The number of benzene rings is 3. The topological polar surface area (TPSA) is 42.3 Å². The standard InChI is InChI=1S/C26H28Cl3NO2Si/c1-25(2,3)33(22-10-6-4-7-11-22,23-12-8-5-9-13-23)32-19-21-16-14-20(15-17-21)18-31-24(30)26(27,28)29/h4-17,30H,18-19H2,1-3H3. The molecule has 0 unspecified atom stereocenters. The van der Waals surface area contributed by atoms with Crippen LogP contribution in [-0.2, 0) is 22.4 Å². The van der Waals surface area contributed by atoms with Crippen molar-refractivity contribution >= 4 is 59.4 Å². The van der Waals surface area contributed by atoms with Gasteiger partial charge in [0, 0.05) is 0 Å². The first-order valence-corrected chi connectivity index (χ1v) is 13.7. The fourth-order valence-corrected chi connectivity index (χ4v) is 8.62. The van der Waals surface area contributed by atoms with Crippen LogP contribution in [0.3, 0.4) is 0 Å². The third-order valence-electron chi connectivity index (χ3n) is 5.54. The van der Waals surface area contributed by atoms with Crippen molar-refractivity contribution in [2.24, 2.45) is 0 Å². The number of hydrogen-bond donors (Lipinski definition) is 1. The summed E-state index contributed by atoms with van der Waals surface area (Å²) >= 11 is 17.0. The first-order chi connectivity index (χ1) is 15.5. The summed E-state index contributed by atoms with van der Waals surface area (Å²) in [6, 6.07) is 29.0. The Morgan fingerprint density at radius 1 is 0.727 bits per heavy atom. The quantitative estimate of drug-likeness (QED) is 0.164. The van der Waals surface area contributed by atoms with Gasteiger partial charge in [-0.15, -0.1) is 0 Å². The molecule has 0 aliphatic heterocycles. The van der Waals surface area contributed by atoms with Crippen LogP contribution in [0.4, 0.5) is 0 Å². The van der Waals surface area contributed by atoms with E-state index in [-0.39, 0.29) is 11.6 Å². The Bertz CT molecular complexity index is 1010. The highest BCUT2D eigenvalue weighted by Crippen LogP contribution is 2.37. The summed E-state index contributed by atoms with van der Waals surface area (Å²) in [5, 5.41) is 10.1. The van der Waals surface area contributed by atoms with E-state index in [4.69, 9.17) is 49.4 Å². The van der Waals surface area contributed by atoms with E-state index in [9.17, 15) is 0 Å². The second kappa shape index (κ2) is 10.6. The van der Waals surface area contributed by atoms with E-state index in [1.165, 1.54) is 10.4 Å². The number of rotatable bonds is 7. The van der Waals surface area contributed by atoms with Crippen molar-refractivity contribution in [1.82, 2.24) is 0 Å². The normalized spacial score (nSPS) is 12.4. The second-order valence-electron chi connectivity index (χ2n) is 8.88. The maximum absolute atomic E-state index is 7.65. The van der Waals surface area contributed by atoms with Crippen LogP contribution in [0, 0.1) is 5.41 Å². The van der Waals surface area contributed by atoms with Crippen molar-refractivity contribution in [1.29, 1.82) is 5.41 Å². The van der Waals surface area contributed by atoms with Gasteiger partial charge in [0.05, 0.1) is 6.61 Å². The van der Waals surface area contributed by atoms with E-state index in [1.54, 1.807) is 0 Å². The van der Waals surface area contributed by atoms with Gasteiger partial charge in [-0.3, -0.25) is 5.41 Å². The molecule has 0 bridgehead atoms. The summed E-state index contributed by atoms with van der Waals surface area (Å²) in [5.41, 5.74) is 1.94. The van der Waals surface area contributed by atoms with Crippen LogP contribution in [0.1, 0.15) is 31.9 Å². The molecule has 3 aromatic rings. The van der Waals surface area contributed by atoms with Gasteiger partial charge in [-0.1, -0.05) is 141 Å². The molecule has 174 valence electrons. The van der Waals surface area contributed by atoms with Gasteiger partial charge in [0.2, 0.25) is 5.90 Å². The Labute approximate surface area is 212 Å². The Balaban J connectivity index is 1.84. The van der Waals surface area contributed by atoms with Crippen molar-refractivity contribution in [3.8, 4) is 0 Å². The fourth-order valence-electron chi connectivity index (χ4n) is 3.92. The summed E-state index contributed by atoms with van der Waals surface area (Å²) in [4.78, 5) is 0. The summed E-state index contributed by atoms with van der Waals surface area (Å²) in [5.74, 6) is -0.397. The first kappa shape index (κ1) is 25.8. The molecule has 0 atom stereocenters. The molecule has 0 heterocycles. The molecule has 0 radical (unpaired) electrons. The van der Waals surface area contributed by atoms with Crippen LogP contribution in [0.25, 0.3) is 0 Å². The lowest BCUT2D eigenvalue weighted by Crippen LogP contribution is -2.66. The van der Waals surface area contributed by atoms with Crippen LogP contribution in [0.15, 0.2) is 84.9 Å². The first-order valence-electron chi connectivity index (χ1n) is 10.7. The largest absolute Gasteiger partial charge is 0.473 e. The van der Waals surface area contributed by atoms with E-state index >= 15 is 0 Å². The Kier molecular flexibility index (Phi) is 8.30. The molecular weight excluding hydrogens is 493 g/mol. The molecule has 0 aromatic heterocycles. The molecule has 0 aliphatic rings. The molecule has 0 amide bonds. The number of halogens is 3. The van der Waals surface area contributed by atoms with Crippen LogP contribution < -0.4 is 10.4 Å². The summed E-state index contributed by atoms with van der Waals surface area (Å²) in [7, 11) is -2.59. The van der Waals surface area contributed by atoms with Crippen LogP contribution in [0.5, 0.6) is 0 Å². The lowest BCUT2D eigenvalue weighted by Gasteiger charge is -2.43. The predicted octanol–water partition coefficient (Wildman–Crippen LogP) is 6.63. The lowest BCUT2D eigenvalue weighted by atomic mass is 10.1. The number of alkyl halides is 3. The highest BCUT2D eigenvalue weighted by molar-refractivity contribution is 6.99. The van der Waals surface area contributed by atoms with Gasteiger partial charge in [0.25, 0.3) is 12.1 Å². The number of nitrogens with one attached hydrogen (secondary N) is 1. The minimum absolute atomic E-state index is 0.0823. The molecule has 0 saturated heterocycles. The minimum atomic E-state index is -2.59. The summed E-state index contributed by atoms with van der Waals surface area (Å²) in [6.07, 6.45) is 0. The van der Waals surface area contributed by atoms with Gasteiger partial charge >= 0.3 is 0 Å². The summed E-state index contributed by atoms with van der Waals surface area (Å²) in [6.45, 7) is 7.43. The van der Waals surface area contributed by atoms with Gasteiger partial charge in [0.15, 0.2) is 0 Å². The zero-order chi connectivity index (χ0) is 24.1. The second-order valence-corrected chi connectivity index (χ2v) is 15.5. The highest BCUT2D eigenvalue weighted by atomic mass is 35.6. The number of hydrogen-bond acceptors (Lipinski definition) is 3. The lowest BCUT2D eigenvalue weighted by molar-refractivity contribution is 0.281. The maximum atomic E-state index is 7.65. The van der Waals surface area contributed by atoms with E-state index in [0.29, 0.717) is 6.61 Å². The molecule has 3 aromatic carbocycles. The third-order valence-corrected chi connectivity index (χ3v) is 11.0. The van der Waals surface area contributed by atoms with Gasteiger partial charge in [-0.2, -0.15) is 0 Å². The van der Waals surface area contributed by atoms with Crippen molar-refractivity contribution in [3.05, 3.63) is 96.1 Å². The smallest absolute Gasteiger partial charge is 0.265 e. The predicted molar refractivity (Wildman–Crippen MR) is 142 cm³/mol. The molecule has 0 fully saturated rings. The van der Waals surface area contributed by atoms with E-state index in [0.717, 1.165) is 11.1 Å². The summed E-state index contributed by atoms with van der Waals surface area (Å²) < 4.78 is 10.4. The molecule has 33 heavy (non-hydrogen) atoms. The Hall–Kier alpha value is -1.82. The molecule has 0 saturated carbocycles. The van der Waals surface area contributed by atoms with E-state index < -0.39 is 18.0 Å². The van der Waals surface area contributed by atoms with Crippen molar-refractivity contribution < 1.29 is 9.16 Å². The van der Waals surface area contributed by atoms with E-state index in [2.05, 4.69) is 69.3 Å². The van der Waals surface area contributed by atoms with Crippen molar-refractivity contribution in [2.75, 3.05) is 0 Å². The molecule has 3 nitrogen and oxygen atoms in total. The van der Waals surface area contributed by atoms with Crippen LogP contribution >= 0.6 is 34.8 Å². The fraction of sp³-hybridized carbons (Fsp3) is 0.269. The minimum Gasteiger partial charge on any atom is -0.473 e. The Morgan fingerprint density at radius 2 is 1.15 bits per heavy atom. The van der Waals surface area contributed by atoms with E-state index in [1.807, 2.05) is 36.4 Å². The zero-order valence-corrected chi connectivity index (χ0v) is 22.2. The average Bonchev–Trinajstić information content (AvgIpc) is 2.78. The van der Waals surface area contributed by atoms with Crippen LogP contribution in [-0.4, -0.2) is 18.0 Å². The van der Waals surface area contributed by atoms with Crippen LogP contribution in [0.2, 0.25) is 5.04 Å². The van der Waals surface area contributed by atoms with Crippen molar-refractivity contribution in [3.63, 3.8) is 0 Å². The SMILES string of the molecule is CC(C)(C)[Si](OCc1ccc(COC(=N)C(Cl)(Cl)Cl)cc1)(c1ccccc1)c1ccccc1. The van der Waals surface area contributed by atoms with Gasteiger partial charge in [-0.25, -0.2) is 0 Å². The van der Waals surface area contributed by atoms with Gasteiger partial charge in [-0.05, 0) is 26.5 Å². The van der Waals surface area contributed by atoms with Crippen molar-refractivity contribution in [2.45, 2.75) is 42.8 Å².